The maximum atomic E-state index is 5.72. The highest BCUT2D eigenvalue weighted by molar-refractivity contribution is 14.0. The van der Waals surface area contributed by atoms with Gasteiger partial charge in [0.15, 0.2) is 5.96 Å². The number of guanidine groups is 1. The Hall–Kier alpha value is -2.75. The van der Waals surface area contributed by atoms with Gasteiger partial charge in [0.05, 0.1) is 18.9 Å². The van der Waals surface area contributed by atoms with Gasteiger partial charge in [0.2, 0.25) is 0 Å². The van der Waals surface area contributed by atoms with E-state index < -0.39 is 0 Å². The van der Waals surface area contributed by atoms with E-state index in [0.29, 0.717) is 19.0 Å². The maximum Gasteiger partial charge on any atom is 0.196 e. The highest BCUT2D eigenvalue weighted by Gasteiger charge is 2.05. The van der Waals surface area contributed by atoms with Gasteiger partial charge in [-0.1, -0.05) is 0 Å². The number of hydrogen-bond acceptors (Lipinski definition) is 5. The summed E-state index contributed by atoms with van der Waals surface area (Å²) in [7, 11) is 3.95. The van der Waals surface area contributed by atoms with E-state index in [0.717, 1.165) is 35.0 Å². The van der Waals surface area contributed by atoms with Gasteiger partial charge in [-0.05, 0) is 67.9 Å². The summed E-state index contributed by atoms with van der Waals surface area (Å²) in [5.74, 6) is 3.39. The lowest BCUT2D eigenvalue weighted by Gasteiger charge is -2.14. The number of anilines is 2. The van der Waals surface area contributed by atoms with Crippen LogP contribution in [0.5, 0.6) is 5.75 Å². The van der Waals surface area contributed by atoms with Crippen molar-refractivity contribution in [3.8, 4) is 5.75 Å². The van der Waals surface area contributed by atoms with Crippen molar-refractivity contribution in [1.29, 1.82) is 0 Å². The van der Waals surface area contributed by atoms with Crippen molar-refractivity contribution >= 4 is 41.4 Å². The molecule has 0 fully saturated rings. The molecule has 3 rings (SSSR count). The summed E-state index contributed by atoms with van der Waals surface area (Å²) in [5.41, 5.74) is 2.02. The molecule has 0 bridgehead atoms. The van der Waals surface area contributed by atoms with Crippen LogP contribution in [0.1, 0.15) is 25.2 Å². The third-order valence-corrected chi connectivity index (χ3v) is 4.42. The number of halogens is 1. The van der Waals surface area contributed by atoms with Crippen molar-refractivity contribution in [3.63, 3.8) is 0 Å². The Morgan fingerprint density at radius 2 is 1.94 bits per heavy atom. The third kappa shape index (κ3) is 8.41. The highest BCUT2D eigenvalue weighted by atomic mass is 127. The largest absolute Gasteiger partial charge is 0.491 e. The number of aromatic nitrogens is 1. The van der Waals surface area contributed by atoms with E-state index in [9.17, 15) is 0 Å². The number of aliphatic imine (C=N–C) groups is 1. The quantitative estimate of drug-likeness (QED) is 0.224. The zero-order valence-corrected chi connectivity index (χ0v) is 21.4. The van der Waals surface area contributed by atoms with E-state index in [1.165, 1.54) is 0 Å². The molecular weight excluding hydrogens is 517 g/mol. The maximum absolute atomic E-state index is 5.72. The molecule has 0 saturated heterocycles. The molecule has 7 nitrogen and oxygen atoms in total. The van der Waals surface area contributed by atoms with Gasteiger partial charge in [-0.25, -0.2) is 9.98 Å². The van der Waals surface area contributed by atoms with Gasteiger partial charge in [0, 0.05) is 38.9 Å². The second kappa shape index (κ2) is 12.9. The summed E-state index contributed by atoms with van der Waals surface area (Å²) in [6, 6.07) is 15.8. The summed E-state index contributed by atoms with van der Waals surface area (Å²) in [4.78, 5) is 11.1. The minimum atomic E-state index is 0. The number of nitrogens with zero attached hydrogens (tertiary/aromatic N) is 3. The van der Waals surface area contributed by atoms with E-state index in [4.69, 9.17) is 14.1 Å². The zero-order valence-electron chi connectivity index (χ0n) is 19.0. The van der Waals surface area contributed by atoms with E-state index >= 15 is 0 Å². The van der Waals surface area contributed by atoms with E-state index in [1.54, 1.807) is 6.26 Å². The molecule has 8 heteroatoms. The van der Waals surface area contributed by atoms with Gasteiger partial charge in [0.1, 0.15) is 17.3 Å². The van der Waals surface area contributed by atoms with Gasteiger partial charge >= 0.3 is 0 Å². The molecule has 32 heavy (non-hydrogen) atoms. The Morgan fingerprint density at radius 3 is 2.59 bits per heavy atom. The summed E-state index contributed by atoms with van der Waals surface area (Å²) in [6.45, 7) is 5.27. The van der Waals surface area contributed by atoms with Crippen molar-refractivity contribution < 1.29 is 9.15 Å². The number of ether oxygens (including phenoxy) is 1. The second-order valence-electron chi connectivity index (χ2n) is 7.65. The Morgan fingerprint density at radius 1 is 1.16 bits per heavy atom. The van der Waals surface area contributed by atoms with Gasteiger partial charge < -0.3 is 24.7 Å². The van der Waals surface area contributed by atoms with E-state index in [2.05, 4.69) is 15.6 Å². The molecular formula is C24H32IN5O2. The van der Waals surface area contributed by atoms with Gasteiger partial charge in [0.25, 0.3) is 0 Å². The van der Waals surface area contributed by atoms with Crippen molar-refractivity contribution in [2.75, 3.05) is 30.9 Å². The average Bonchev–Trinajstić information content (AvgIpc) is 3.26. The Bertz CT molecular complexity index is 957. The van der Waals surface area contributed by atoms with Gasteiger partial charge in [-0.2, -0.15) is 0 Å². The standard InChI is InChI=1S/C24H31N5O2.HI/c1-18(2)31-22-9-7-20(8-10-22)28-24(26-14-12-21-6-5-15-30-21)27-17-19-11-13-25-23(16-19)29(3)4;/h5-11,13,15-16,18H,12,14,17H2,1-4H3,(H2,26,27,28);1H. The SMILES string of the molecule is CC(C)Oc1ccc(NC(=NCc2ccnc(N(C)C)c2)NCCc2ccco2)cc1.I. The van der Waals surface area contributed by atoms with Crippen LogP contribution in [0.4, 0.5) is 11.5 Å². The van der Waals surface area contributed by atoms with Crippen LogP contribution >= 0.6 is 24.0 Å². The molecule has 0 amide bonds. The lowest BCUT2D eigenvalue weighted by Crippen LogP contribution is -2.32. The molecule has 2 N–H and O–H groups in total. The van der Waals surface area contributed by atoms with Crippen molar-refractivity contribution in [3.05, 3.63) is 72.3 Å². The predicted molar refractivity (Wildman–Crippen MR) is 141 cm³/mol. The first-order valence-electron chi connectivity index (χ1n) is 10.5. The molecule has 0 saturated carbocycles. The first-order valence-corrected chi connectivity index (χ1v) is 10.5. The lowest BCUT2D eigenvalue weighted by atomic mass is 10.2. The molecule has 0 aliphatic carbocycles. The van der Waals surface area contributed by atoms with Crippen LogP contribution in [0.2, 0.25) is 0 Å². The topological polar surface area (TPSA) is 74.9 Å². The van der Waals surface area contributed by atoms with Crippen LogP contribution in [0.15, 0.2) is 70.4 Å². The smallest absolute Gasteiger partial charge is 0.196 e. The molecule has 3 aromatic rings. The summed E-state index contributed by atoms with van der Waals surface area (Å²) in [5, 5.41) is 6.76. The first-order chi connectivity index (χ1) is 15.0. The van der Waals surface area contributed by atoms with E-state index in [-0.39, 0.29) is 30.1 Å². The molecule has 1 aromatic carbocycles. The zero-order chi connectivity index (χ0) is 22.1. The summed E-state index contributed by atoms with van der Waals surface area (Å²) >= 11 is 0. The monoisotopic (exact) mass is 549 g/mol. The van der Waals surface area contributed by atoms with Crippen LogP contribution in [0.3, 0.4) is 0 Å². The number of nitrogens with one attached hydrogen (secondary N) is 2. The molecule has 0 atom stereocenters. The average molecular weight is 549 g/mol. The number of benzene rings is 1. The van der Waals surface area contributed by atoms with Crippen LogP contribution in [-0.4, -0.2) is 37.7 Å². The Kier molecular flexibility index (Phi) is 10.3. The minimum absolute atomic E-state index is 0. The van der Waals surface area contributed by atoms with Crippen LogP contribution in [0.25, 0.3) is 0 Å². The van der Waals surface area contributed by atoms with Crippen LogP contribution in [-0.2, 0) is 13.0 Å². The third-order valence-electron chi connectivity index (χ3n) is 4.42. The van der Waals surface area contributed by atoms with Crippen LogP contribution in [0, 0.1) is 0 Å². The molecule has 0 radical (unpaired) electrons. The number of pyridine rings is 1. The lowest BCUT2D eigenvalue weighted by molar-refractivity contribution is 0.242. The Balaban J connectivity index is 0.00000363. The van der Waals surface area contributed by atoms with Crippen LogP contribution < -0.4 is 20.3 Å². The first kappa shape index (κ1) is 25.5. The number of rotatable bonds is 9. The van der Waals surface area contributed by atoms with Gasteiger partial charge in [-0.15, -0.1) is 24.0 Å². The number of furan rings is 1. The van der Waals surface area contributed by atoms with Crippen molar-refractivity contribution in [2.24, 2.45) is 4.99 Å². The normalized spacial score (nSPS) is 11.1. The highest BCUT2D eigenvalue weighted by Crippen LogP contribution is 2.17. The molecule has 0 aliphatic heterocycles. The fraction of sp³-hybridized carbons (Fsp3) is 0.333. The fourth-order valence-corrected chi connectivity index (χ4v) is 2.90. The molecule has 0 unspecified atom stereocenters. The predicted octanol–water partition coefficient (Wildman–Crippen LogP) is 4.95. The summed E-state index contributed by atoms with van der Waals surface area (Å²) in [6.07, 6.45) is 4.42. The van der Waals surface area contributed by atoms with Crippen molar-refractivity contribution in [1.82, 2.24) is 10.3 Å². The van der Waals surface area contributed by atoms with Crippen molar-refractivity contribution in [2.45, 2.75) is 32.9 Å². The summed E-state index contributed by atoms with van der Waals surface area (Å²) < 4.78 is 11.1. The second-order valence-corrected chi connectivity index (χ2v) is 7.65. The minimum Gasteiger partial charge on any atom is -0.491 e. The molecule has 2 aromatic heterocycles. The van der Waals surface area contributed by atoms with E-state index in [1.807, 2.05) is 87.6 Å². The Labute approximate surface area is 207 Å². The van der Waals surface area contributed by atoms with Gasteiger partial charge in [-0.3, -0.25) is 0 Å². The molecule has 0 aliphatic rings. The molecule has 2 heterocycles. The fourth-order valence-electron chi connectivity index (χ4n) is 2.90. The molecule has 172 valence electrons. The molecule has 0 spiro atoms. The number of hydrogen-bond donors (Lipinski definition) is 2.